The highest BCUT2D eigenvalue weighted by atomic mass is 79.9. The topological polar surface area (TPSA) is 68.5 Å². The Labute approximate surface area is 135 Å². The molecular weight excluding hydrogens is 344 g/mol. The molecule has 2 atom stereocenters. The minimum absolute atomic E-state index is 0.101. The smallest absolute Gasteiger partial charge is 0.243 e. The molecule has 0 amide bonds. The van der Waals surface area contributed by atoms with Crippen LogP contribution in [-0.4, -0.2) is 25.2 Å². The van der Waals surface area contributed by atoms with Crippen molar-refractivity contribution in [2.75, 3.05) is 5.32 Å². The molecule has 0 saturated heterocycles. The Balaban J connectivity index is 1.73. The highest BCUT2D eigenvalue weighted by Gasteiger charge is 2.30. The van der Waals surface area contributed by atoms with Crippen LogP contribution in [0.15, 0.2) is 53.3 Å². The number of hydrogen-bond acceptors (Lipinski definition) is 5. The largest absolute Gasteiger partial charge is 0.346 e. The van der Waals surface area contributed by atoms with Crippen molar-refractivity contribution in [1.29, 1.82) is 0 Å². The number of anilines is 1. The summed E-state index contributed by atoms with van der Waals surface area (Å²) in [5.74, 6) is 0.688. The molecule has 0 aliphatic carbocycles. The highest BCUT2D eigenvalue weighted by molar-refractivity contribution is 9.10. The van der Waals surface area contributed by atoms with E-state index in [1.54, 1.807) is 6.20 Å². The monoisotopic (exact) mass is 356 g/mol. The fourth-order valence-electron chi connectivity index (χ4n) is 2.80. The van der Waals surface area contributed by atoms with Crippen LogP contribution in [0, 0.1) is 0 Å². The minimum Gasteiger partial charge on any atom is -0.346 e. The molecule has 0 spiro atoms. The van der Waals surface area contributed by atoms with Crippen molar-refractivity contribution < 1.29 is 0 Å². The summed E-state index contributed by atoms with van der Waals surface area (Å²) in [5.41, 5.74) is 2.33. The molecule has 1 aliphatic heterocycles. The Kier molecular flexibility index (Phi) is 3.34. The number of aromatic nitrogens is 5. The number of pyridine rings is 1. The number of nitrogens with one attached hydrogen (secondary N) is 1. The quantitative estimate of drug-likeness (QED) is 0.764. The third-order valence-electron chi connectivity index (χ3n) is 3.89. The lowest BCUT2D eigenvalue weighted by Crippen LogP contribution is -2.28. The summed E-state index contributed by atoms with van der Waals surface area (Å²) in [5, 5.41) is 15.4. The SMILES string of the molecule is Brc1ccc([C@H]2C[C@@H](c3cccnc3)Nc3nnnn32)cc1. The van der Waals surface area contributed by atoms with Crippen molar-refractivity contribution in [3.63, 3.8) is 0 Å². The van der Waals surface area contributed by atoms with E-state index in [1.165, 1.54) is 5.56 Å². The van der Waals surface area contributed by atoms with Gasteiger partial charge in [0.2, 0.25) is 5.95 Å². The lowest BCUT2D eigenvalue weighted by molar-refractivity contribution is 0.423. The zero-order chi connectivity index (χ0) is 14.9. The zero-order valence-electron chi connectivity index (χ0n) is 11.6. The fourth-order valence-corrected chi connectivity index (χ4v) is 3.06. The van der Waals surface area contributed by atoms with E-state index in [0.29, 0.717) is 5.95 Å². The second kappa shape index (κ2) is 5.49. The predicted octanol–water partition coefficient (Wildman–Crippen LogP) is 2.98. The summed E-state index contributed by atoms with van der Waals surface area (Å²) in [4.78, 5) is 4.21. The molecule has 1 aliphatic rings. The molecule has 3 aromatic rings. The van der Waals surface area contributed by atoms with Crippen LogP contribution in [0.3, 0.4) is 0 Å². The number of fused-ring (bicyclic) bond motifs is 1. The average Bonchev–Trinajstić information content (AvgIpc) is 3.04. The summed E-state index contributed by atoms with van der Waals surface area (Å²) in [6.45, 7) is 0. The number of halogens is 1. The van der Waals surface area contributed by atoms with Gasteiger partial charge in [0.25, 0.3) is 0 Å². The Morgan fingerprint density at radius 1 is 1.14 bits per heavy atom. The van der Waals surface area contributed by atoms with Gasteiger partial charge in [0.05, 0.1) is 12.1 Å². The lowest BCUT2D eigenvalue weighted by atomic mass is 9.94. The Hall–Kier alpha value is -2.28. The third kappa shape index (κ3) is 2.37. The summed E-state index contributed by atoms with van der Waals surface area (Å²) in [7, 11) is 0. The van der Waals surface area contributed by atoms with Crippen LogP contribution in [0.2, 0.25) is 0 Å². The van der Waals surface area contributed by atoms with E-state index in [2.05, 4.69) is 60.0 Å². The van der Waals surface area contributed by atoms with Gasteiger partial charge >= 0.3 is 0 Å². The van der Waals surface area contributed by atoms with Crippen LogP contribution in [0.5, 0.6) is 0 Å². The van der Waals surface area contributed by atoms with Gasteiger partial charge in [0.15, 0.2) is 0 Å². The lowest BCUT2D eigenvalue weighted by Gasteiger charge is -2.30. The van der Waals surface area contributed by atoms with Gasteiger partial charge in [0, 0.05) is 16.9 Å². The van der Waals surface area contributed by atoms with Gasteiger partial charge in [-0.2, -0.15) is 0 Å². The third-order valence-corrected chi connectivity index (χ3v) is 4.42. The van der Waals surface area contributed by atoms with Gasteiger partial charge < -0.3 is 5.32 Å². The molecule has 7 heteroatoms. The highest BCUT2D eigenvalue weighted by Crippen LogP contribution is 2.36. The van der Waals surface area contributed by atoms with Crippen molar-refractivity contribution in [2.24, 2.45) is 0 Å². The molecular formula is C15H13BrN6. The van der Waals surface area contributed by atoms with Crippen LogP contribution in [0.1, 0.15) is 29.6 Å². The van der Waals surface area contributed by atoms with E-state index < -0.39 is 0 Å². The van der Waals surface area contributed by atoms with E-state index in [4.69, 9.17) is 0 Å². The molecule has 4 rings (SSSR count). The normalized spacial score (nSPS) is 20.2. The van der Waals surface area contributed by atoms with E-state index in [0.717, 1.165) is 16.5 Å². The van der Waals surface area contributed by atoms with Crippen LogP contribution >= 0.6 is 15.9 Å². The number of nitrogens with zero attached hydrogens (tertiary/aromatic N) is 5. The molecule has 0 fully saturated rings. The first-order chi connectivity index (χ1) is 10.8. The maximum Gasteiger partial charge on any atom is 0.243 e. The molecule has 2 aromatic heterocycles. The summed E-state index contributed by atoms with van der Waals surface area (Å²) in [6.07, 6.45) is 4.53. The first-order valence-electron chi connectivity index (χ1n) is 7.01. The first kappa shape index (κ1) is 13.4. The van der Waals surface area contributed by atoms with Gasteiger partial charge in [-0.05, 0) is 46.2 Å². The van der Waals surface area contributed by atoms with Gasteiger partial charge in [-0.15, -0.1) is 0 Å². The van der Waals surface area contributed by atoms with Crippen molar-refractivity contribution in [3.8, 4) is 0 Å². The molecule has 0 saturated carbocycles. The van der Waals surface area contributed by atoms with Crippen LogP contribution in [0.25, 0.3) is 0 Å². The summed E-state index contributed by atoms with van der Waals surface area (Å²) in [6, 6.07) is 12.6. The van der Waals surface area contributed by atoms with Gasteiger partial charge in [-0.25, -0.2) is 4.68 Å². The van der Waals surface area contributed by atoms with Crippen molar-refractivity contribution in [3.05, 3.63) is 64.4 Å². The minimum atomic E-state index is 0.101. The number of hydrogen-bond donors (Lipinski definition) is 1. The predicted molar refractivity (Wildman–Crippen MR) is 85.3 cm³/mol. The average molecular weight is 357 g/mol. The molecule has 6 nitrogen and oxygen atoms in total. The van der Waals surface area contributed by atoms with Crippen LogP contribution < -0.4 is 5.32 Å². The van der Waals surface area contributed by atoms with Crippen molar-refractivity contribution >= 4 is 21.9 Å². The van der Waals surface area contributed by atoms with Gasteiger partial charge in [-0.1, -0.05) is 39.2 Å². The molecule has 3 heterocycles. The Morgan fingerprint density at radius 2 is 2.00 bits per heavy atom. The maximum atomic E-state index is 4.21. The Bertz CT molecular complexity index is 770. The number of benzene rings is 1. The summed E-state index contributed by atoms with van der Waals surface area (Å²) < 4.78 is 2.90. The Morgan fingerprint density at radius 3 is 2.77 bits per heavy atom. The van der Waals surface area contributed by atoms with Crippen molar-refractivity contribution in [1.82, 2.24) is 25.2 Å². The van der Waals surface area contributed by atoms with Crippen molar-refractivity contribution in [2.45, 2.75) is 18.5 Å². The van der Waals surface area contributed by atoms with Crippen LogP contribution in [0.4, 0.5) is 5.95 Å². The summed E-state index contributed by atoms with van der Waals surface area (Å²) >= 11 is 3.47. The second-order valence-electron chi connectivity index (χ2n) is 5.23. The van der Waals surface area contributed by atoms with E-state index in [9.17, 15) is 0 Å². The van der Waals surface area contributed by atoms with E-state index >= 15 is 0 Å². The van der Waals surface area contributed by atoms with Crippen LogP contribution in [-0.2, 0) is 0 Å². The molecule has 22 heavy (non-hydrogen) atoms. The maximum absolute atomic E-state index is 4.21. The molecule has 0 radical (unpaired) electrons. The molecule has 1 aromatic carbocycles. The second-order valence-corrected chi connectivity index (χ2v) is 6.15. The standard InChI is InChI=1S/C15H13BrN6/c16-12-5-3-10(4-6-12)14-8-13(11-2-1-7-17-9-11)18-15-19-20-21-22(14)15/h1-7,9,13-14H,8H2,(H,18,19,21)/t13-,14+/m0/s1. The van der Waals surface area contributed by atoms with E-state index in [-0.39, 0.29) is 12.1 Å². The number of rotatable bonds is 2. The number of tetrazole rings is 1. The van der Waals surface area contributed by atoms with Gasteiger partial charge in [-0.3, -0.25) is 4.98 Å². The molecule has 0 bridgehead atoms. The molecule has 0 unspecified atom stereocenters. The van der Waals surface area contributed by atoms with Gasteiger partial charge in [0.1, 0.15) is 0 Å². The molecule has 110 valence electrons. The fraction of sp³-hybridized carbons (Fsp3) is 0.200. The molecule has 1 N–H and O–H groups in total. The first-order valence-corrected chi connectivity index (χ1v) is 7.80. The van der Waals surface area contributed by atoms with E-state index in [1.807, 2.05) is 29.1 Å². The zero-order valence-corrected chi connectivity index (χ0v) is 13.2.